The van der Waals surface area contributed by atoms with Crippen molar-refractivity contribution in [2.75, 3.05) is 7.11 Å². The van der Waals surface area contributed by atoms with E-state index < -0.39 is 17.6 Å². The van der Waals surface area contributed by atoms with Crippen LogP contribution in [-0.2, 0) is 4.74 Å². The van der Waals surface area contributed by atoms with Gasteiger partial charge in [-0.25, -0.2) is 28.5 Å². The Balaban J connectivity index is 1.83. The van der Waals surface area contributed by atoms with Crippen LogP contribution in [0.2, 0.25) is 0 Å². The maximum absolute atomic E-state index is 13.2. The minimum absolute atomic E-state index is 0.0953. The summed E-state index contributed by atoms with van der Waals surface area (Å²) >= 11 is 0.983. The number of hydrogen-bond donors (Lipinski definition) is 1. The molecule has 10 heteroatoms. The van der Waals surface area contributed by atoms with Crippen molar-refractivity contribution in [2.24, 2.45) is 0 Å². The van der Waals surface area contributed by atoms with E-state index in [0.717, 1.165) is 30.0 Å². The standard InChI is InChI=1S/C14H9F2N5O2S/c1-23-12(22)10-2-3-17-13(18-10)24-14-19-11(20-21-14)7-4-8(15)6-9(16)5-7/h2-6H,1H3,(H,19,20,21). The number of ether oxygens (including phenoxy) is 1. The average Bonchev–Trinajstić information content (AvgIpc) is 3.02. The van der Waals surface area contributed by atoms with Crippen LogP contribution in [0.15, 0.2) is 40.8 Å². The number of nitrogens with zero attached hydrogens (tertiary/aromatic N) is 4. The highest BCUT2D eigenvalue weighted by Crippen LogP contribution is 2.24. The van der Waals surface area contributed by atoms with Crippen LogP contribution in [0.5, 0.6) is 0 Å². The summed E-state index contributed by atoms with van der Waals surface area (Å²) < 4.78 is 31.1. The Kier molecular flexibility index (Phi) is 4.47. The highest BCUT2D eigenvalue weighted by atomic mass is 32.2. The van der Waals surface area contributed by atoms with Crippen LogP contribution in [-0.4, -0.2) is 38.2 Å². The fourth-order valence-corrected chi connectivity index (χ4v) is 2.45. The van der Waals surface area contributed by atoms with E-state index >= 15 is 0 Å². The van der Waals surface area contributed by atoms with Crippen LogP contribution < -0.4 is 0 Å². The van der Waals surface area contributed by atoms with E-state index in [1.807, 2.05) is 0 Å². The third-order valence-corrected chi connectivity index (χ3v) is 3.56. The van der Waals surface area contributed by atoms with Gasteiger partial charge in [-0.1, -0.05) is 0 Å². The summed E-state index contributed by atoms with van der Waals surface area (Å²) in [6, 6.07) is 4.44. The molecule has 0 aliphatic carbocycles. The normalized spacial score (nSPS) is 10.6. The number of H-pyrrole nitrogens is 1. The Morgan fingerprint density at radius 3 is 2.62 bits per heavy atom. The molecule has 0 saturated heterocycles. The minimum atomic E-state index is -0.718. The number of aromatic amines is 1. The largest absolute Gasteiger partial charge is 0.464 e. The zero-order valence-corrected chi connectivity index (χ0v) is 13.0. The Labute approximate surface area is 138 Å². The first-order valence-electron chi connectivity index (χ1n) is 6.53. The SMILES string of the molecule is COC(=O)c1ccnc(Sc2n[nH]c(-c3cc(F)cc(F)c3)n2)n1. The van der Waals surface area contributed by atoms with Crippen LogP contribution in [0, 0.1) is 11.6 Å². The summed E-state index contributed by atoms with van der Waals surface area (Å²) in [5.41, 5.74) is 0.314. The third kappa shape index (κ3) is 3.54. The number of nitrogens with one attached hydrogen (secondary N) is 1. The lowest BCUT2D eigenvalue weighted by Gasteiger charge is -1.99. The van der Waals surface area contributed by atoms with Crippen LogP contribution >= 0.6 is 11.8 Å². The molecule has 0 aliphatic rings. The topological polar surface area (TPSA) is 93.7 Å². The molecule has 0 atom stereocenters. The molecule has 122 valence electrons. The monoisotopic (exact) mass is 349 g/mol. The first-order valence-corrected chi connectivity index (χ1v) is 7.35. The molecule has 0 saturated carbocycles. The number of hydrogen-bond acceptors (Lipinski definition) is 7. The van der Waals surface area contributed by atoms with Crippen LogP contribution in [0.25, 0.3) is 11.4 Å². The summed E-state index contributed by atoms with van der Waals surface area (Å²) in [5, 5.41) is 6.97. The molecule has 0 bridgehead atoms. The van der Waals surface area contributed by atoms with Crippen molar-refractivity contribution >= 4 is 17.7 Å². The van der Waals surface area contributed by atoms with Crippen molar-refractivity contribution in [2.45, 2.75) is 10.3 Å². The molecule has 2 heterocycles. The quantitative estimate of drug-likeness (QED) is 0.571. The molecule has 7 nitrogen and oxygen atoms in total. The number of carbonyl (C=O) groups is 1. The van der Waals surface area contributed by atoms with E-state index in [-0.39, 0.29) is 27.4 Å². The Morgan fingerprint density at radius 1 is 1.17 bits per heavy atom. The van der Waals surface area contributed by atoms with Crippen molar-refractivity contribution in [3.05, 3.63) is 47.8 Å². The first kappa shape index (κ1) is 16.0. The van der Waals surface area contributed by atoms with E-state index in [1.54, 1.807) is 0 Å². The maximum atomic E-state index is 13.2. The molecule has 0 amide bonds. The lowest BCUT2D eigenvalue weighted by atomic mass is 10.2. The van der Waals surface area contributed by atoms with Gasteiger partial charge in [0.15, 0.2) is 16.7 Å². The van der Waals surface area contributed by atoms with Crippen molar-refractivity contribution in [1.82, 2.24) is 25.1 Å². The average molecular weight is 349 g/mol. The van der Waals surface area contributed by atoms with E-state index in [0.29, 0.717) is 0 Å². The van der Waals surface area contributed by atoms with Gasteiger partial charge >= 0.3 is 5.97 Å². The lowest BCUT2D eigenvalue weighted by molar-refractivity contribution is 0.0593. The molecule has 24 heavy (non-hydrogen) atoms. The number of esters is 1. The highest BCUT2D eigenvalue weighted by molar-refractivity contribution is 7.99. The fourth-order valence-electron chi connectivity index (χ4n) is 1.80. The van der Waals surface area contributed by atoms with Gasteiger partial charge in [0.25, 0.3) is 0 Å². The molecule has 1 N–H and O–H groups in total. The number of methoxy groups -OCH3 is 1. The van der Waals surface area contributed by atoms with Crippen molar-refractivity contribution in [3.8, 4) is 11.4 Å². The van der Waals surface area contributed by atoms with Gasteiger partial charge in [-0.3, -0.25) is 5.10 Å². The van der Waals surface area contributed by atoms with Gasteiger partial charge in [0.1, 0.15) is 11.6 Å². The Morgan fingerprint density at radius 2 is 1.92 bits per heavy atom. The first-order chi connectivity index (χ1) is 11.5. The van der Waals surface area contributed by atoms with Crippen molar-refractivity contribution in [1.29, 1.82) is 0 Å². The van der Waals surface area contributed by atoms with Gasteiger partial charge in [-0.15, -0.1) is 5.10 Å². The number of aromatic nitrogens is 5. The predicted octanol–water partition coefficient (Wildman–Crippen LogP) is 2.48. The number of halogens is 2. The molecule has 2 aromatic heterocycles. The molecule has 0 aliphatic heterocycles. The smallest absolute Gasteiger partial charge is 0.356 e. The molecular weight excluding hydrogens is 340 g/mol. The van der Waals surface area contributed by atoms with Gasteiger partial charge in [-0.05, 0) is 30.0 Å². The van der Waals surface area contributed by atoms with E-state index in [4.69, 9.17) is 0 Å². The molecule has 3 rings (SSSR count). The number of carbonyl (C=O) groups excluding carboxylic acids is 1. The molecule has 3 aromatic rings. The summed E-state index contributed by atoms with van der Waals surface area (Å²) in [6.07, 6.45) is 1.40. The van der Waals surface area contributed by atoms with Gasteiger partial charge in [0.2, 0.25) is 5.16 Å². The highest BCUT2D eigenvalue weighted by Gasteiger charge is 2.13. The second-order valence-corrected chi connectivity index (χ2v) is 5.38. The van der Waals surface area contributed by atoms with E-state index in [1.165, 1.54) is 19.4 Å². The van der Waals surface area contributed by atoms with E-state index in [2.05, 4.69) is 29.9 Å². The van der Waals surface area contributed by atoms with E-state index in [9.17, 15) is 13.6 Å². The van der Waals surface area contributed by atoms with Gasteiger partial charge in [0, 0.05) is 17.8 Å². The Hall–Kier alpha value is -2.88. The maximum Gasteiger partial charge on any atom is 0.356 e. The second-order valence-electron chi connectivity index (χ2n) is 4.44. The minimum Gasteiger partial charge on any atom is -0.464 e. The fraction of sp³-hybridized carbons (Fsp3) is 0.0714. The lowest BCUT2D eigenvalue weighted by Crippen LogP contribution is -2.05. The second kappa shape index (κ2) is 6.71. The zero-order chi connectivity index (χ0) is 17.1. The summed E-state index contributed by atoms with van der Waals surface area (Å²) in [5.74, 6) is -1.83. The molecule has 0 radical (unpaired) electrons. The van der Waals surface area contributed by atoms with Crippen LogP contribution in [0.1, 0.15) is 10.5 Å². The van der Waals surface area contributed by atoms with Crippen LogP contribution in [0.3, 0.4) is 0 Å². The third-order valence-electron chi connectivity index (χ3n) is 2.81. The summed E-state index contributed by atoms with van der Waals surface area (Å²) in [4.78, 5) is 23.6. The number of rotatable bonds is 4. The van der Waals surface area contributed by atoms with Crippen molar-refractivity contribution < 1.29 is 18.3 Å². The van der Waals surface area contributed by atoms with Gasteiger partial charge in [0.05, 0.1) is 7.11 Å². The predicted molar refractivity (Wildman–Crippen MR) is 79.2 cm³/mol. The van der Waals surface area contributed by atoms with Gasteiger partial charge < -0.3 is 4.74 Å². The van der Waals surface area contributed by atoms with Gasteiger partial charge in [-0.2, -0.15) is 0 Å². The molecule has 1 aromatic carbocycles. The molecular formula is C14H9F2N5O2S. The summed E-state index contributed by atoms with van der Waals surface area (Å²) in [6.45, 7) is 0. The number of benzene rings is 1. The zero-order valence-electron chi connectivity index (χ0n) is 12.2. The van der Waals surface area contributed by atoms with Crippen molar-refractivity contribution in [3.63, 3.8) is 0 Å². The van der Waals surface area contributed by atoms with Crippen LogP contribution in [0.4, 0.5) is 8.78 Å². The Bertz CT molecular complexity index is 882. The molecule has 0 spiro atoms. The summed E-state index contributed by atoms with van der Waals surface area (Å²) in [7, 11) is 1.25. The molecule has 0 fully saturated rings. The molecule has 0 unspecified atom stereocenters.